The third kappa shape index (κ3) is 4.29. The maximum absolute atomic E-state index is 12.5. The average molecular weight is 506 g/mol. The Morgan fingerprint density at radius 2 is 1.67 bits per heavy atom. The van der Waals surface area contributed by atoms with Crippen molar-refractivity contribution >= 4 is 46.2 Å². The van der Waals surface area contributed by atoms with Gasteiger partial charge in [-0.15, -0.1) is 0 Å². The van der Waals surface area contributed by atoms with E-state index in [2.05, 4.69) is 19.4 Å². The zero-order valence-electron chi connectivity index (χ0n) is 18.6. The lowest BCUT2D eigenvalue weighted by atomic mass is 9.98. The minimum absolute atomic E-state index is 0.0487. The summed E-state index contributed by atoms with van der Waals surface area (Å²) in [4.78, 5) is 34.9. The van der Waals surface area contributed by atoms with Gasteiger partial charge in [0.2, 0.25) is 0 Å². The second-order valence-corrected chi connectivity index (χ2v) is 8.62. The summed E-state index contributed by atoms with van der Waals surface area (Å²) in [6.07, 6.45) is -0.866. The number of ether oxygens (including phenoxy) is 1. The maximum atomic E-state index is 12.5. The number of carboxylic acid groups (broad SMARTS) is 1. The van der Waals surface area contributed by atoms with Crippen LogP contribution in [0, 0.1) is 10.1 Å². The number of nitro groups is 1. The Hall–Kier alpha value is -4.58. The average Bonchev–Trinajstić information content (AvgIpc) is 3.48. The third-order valence-corrected chi connectivity index (χ3v) is 6.55. The molecule has 182 valence electrons. The number of benzene rings is 3. The van der Waals surface area contributed by atoms with Crippen LogP contribution in [0.4, 0.5) is 16.2 Å². The van der Waals surface area contributed by atoms with Crippen LogP contribution in [0.1, 0.15) is 17.0 Å². The van der Waals surface area contributed by atoms with Crippen LogP contribution < -0.4 is 10.6 Å². The number of amides is 1. The Morgan fingerprint density at radius 1 is 1.03 bits per heavy atom. The van der Waals surface area contributed by atoms with Crippen molar-refractivity contribution in [1.82, 2.24) is 14.1 Å². The smallest absolute Gasteiger partial charge is 0.407 e. The van der Waals surface area contributed by atoms with Gasteiger partial charge in [-0.1, -0.05) is 48.5 Å². The molecule has 5 rings (SSSR count). The van der Waals surface area contributed by atoms with Gasteiger partial charge in [-0.05, 0) is 28.3 Å². The lowest BCUT2D eigenvalue weighted by molar-refractivity contribution is -0.383. The summed E-state index contributed by atoms with van der Waals surface area (Å²) in [6.45, 7) is -0.156. The van der Waals surface area contributed by atoms with Gasteiger partial charge in [0.15, 0.2) is 5.52 Å². The van der Waals surface area contributed by atoms with E-state index in [4.69, 9.17) is 4.74 Å². The van der Waals surface area contributed by atoms with Crippen molar-refractivity contribution in [3.05, 3.63) is 81.9 Å². The molecule has 11 nitrogen and oxygen atoms in total. The molecule has 0 aliphatic heterocycles. The summed E-state index contributed by atoms with van der Waals surface area (Å²) in [5, 5.41) is 26.0. The predicted molar refractivity (Wildman–Crippen MR) is 132 cm³/mol. The minimum atomic E-state index is -1.32. The van der Waals surface area contributed by atoms with Gasteiger partial charge in [-0.2, -0.15) is 8.75 Å². The molecule has 1 atom stereocenters. The number of nitrogens with zero attached hydrogens (tertiary/aromatic N) is 3. The molecule has 0 saturated carbocycles. The number of rotatable bonds is 8. The summed E-state index contributed by atoms with van der Waals surface area (Å²) < 4.78 is 13.4. The van der Waals surface area contributed by atoms with Gasteiger partial charge in [0, 0.05) is 18.5 Å². The molecule has 3 N–H and O–H groups in total. The van der Waals surface area contributed by atoms with Gasteiger partial charge in [-0.25, -0.2) is 9.59 Å². The first-order chi connectivity index (χ1) is 17.4. The predicted octanol–water partition coefficient (Wildman–Crippen LogP) is 4.00. The number of aliphatic carboxylic acids is 1. The molecule has 0 radical (unpaired) electrons. The first-order valence-electron chi connectivity index (χ1n) is 10.9. The van der Waals surface area contributed by atoms with Crippen molar-refractivity contribution in [3.8, 4) is 11.1 Å². The number of hydrogen-bond acceptors (Lipinski definition) is 9. The van der Waals surface area contributed by atoms with E-state index >= 15 is 0 Å². The van der Waals surface area contributed by atoms with E-state index in [9.17, 15) is 24.8 Å². The van der Waals surface area contributed by atoms with E-state index in [1.165, 1.54) is 12.1 Å². The number of nitrogens with one attached hydrogen (secondary N) is 2. The van der Waals surface area contributed by atoms with Crippen LogP contribution in [0.2, 0.25) is 0 Å². The van der Waals surface area contributed by atoms with E-state index in [0.29, 0.717) is 5.69 Å². The Labute approximate surface area is 208 Å². The largest absolute Gasteiger partial charge is 0.480 e. The van der Waals surface area contributed by atoms with Crippen molar-refractivity contribution in [2.45, 2.75) is 12.0 Å². The topological polar surface area (TPSA) is 157 Å². The number of aromatic nitrogens is 2. The van der Waals surface area contributed by atoms with E-state index in [0.717, 1.165) is 34.0 Å². The molecule has 1 aliphatic carbocycles. The molecule has 1 heterocycles. The van der Waals surface area contributed by atoms with Crippen molar-refractivity contribution in [2.75, 3.05) is 18.5 Å². The quantitative estimate of drug-likeness (QED) is 0.238. The highest BCUT2D eigenvalue weighted by molar-refractivity contribution is 7.00. The number of hydrogen-bond donors (Lipinski definition) is 3. The molecular weight excluding hydrogens is 486 g/mol. The summed E-state index contributed by atoms with van der Waals surface area (Å²) in [5.74, 6) is -1.43. The fourth-order valence-corrected chi connectivity index (χ4v) is 4.91. The fourth-order valence-electron chi connectivity index (χ4n) is 4.34. The first kappa shape index (κ1) is 23.2. The molecule has 0 saturated heterocycles. The van der Waals surface area contributed by atoms with E-state index in [-0.39, 0.29) is 35.8 Å². The van der Waals surface area contributed by atoms with Crippen LogP contribution in [0.5, 0.6) is 0 Å². The van der Waals surface area contributed by atoms with Crippen LogP contribution >= 0.6 is 11.7 Å². The van der Waals surface area contributed by atoms with Crippen molar-refractivity contribution < 1.29 is 24.4 Å². The SMILES string of the molecule is O=C(N[C@@H](CNc1ccc([N+](=O)[O-])c2nsnc12)C(=O)O)OCC1c2ccccc2-c2ccccc21. The van der Waals surface area contributed by atoms with E-state index < -0.39 is 23.0 Å². The number of carboxylic acids is 1. The number of alkyl carbamates (subject to hydrolysis) is 1. The van der Waals surface area contributed by atoms with E-state index in [1.807, 2.05) is 48.5 Å². The molecule has 12 heteroatoms. The molecule has 3 aromatic carbocycles. The highest BCUT2D eigenvalue weighted by atomic mass is 32.1. The van der Waals surface area contributed by atoms with Gasteiger partial charge in [0.25, 0.3) is 5.69 Å². The van der Waals surface area contributed by atoms with Crippen molar-refractivity contribution in [2.24, 2.45) is 0 Å². The molecule has 0 fully saturated rings. The number of non-ortho nitro benzene ring substituents is 1. The molecule has 0 unspecified atom stereocenters. The molecule has 36 heavy (non-hydrogen) atoms. The minimum Gasteiger partial charge on any atom is -0.480 e. The van der Waals surface area contributed by atoms with Crippen molar-refractivity contribution in [3.63, 3.8) is 0 Å². The monoisotopic (exact) mass is 505 g/mol. The summed E-state index contributed by atoms with van der Waals surface area (Å²) in [5.41, 5.74) is 4.77. The van der Waals surface area contributed by atoms with Crippen LogP contribution in [0.15, 0.2) is 60.7 Å². The lowest BCUT2D eigenvalue weighted by Crippen LogP contribution is -2.45. The molecular formula is C24H19N5O6S. The lowest BCUT2D eigenvalue weighted by Gasteiger charge is -2.18. The van der Waals surface area contributed by atoms with Crippen LogP contribution in [-0.4, -0.2) is 50.0 Å². The number of carbonyl (C=O) groups excluding carboxylic acids is 1. The van der Waals surface area contributed by atoms with Gasteiger partial charge in [0.1, 0.15) is 18.2 Å². The van der Waals surface area contributed by atoms with Gasteiger partial charge < -0.3 is 20.5 Å². The number of anilines is 1. The highest BCUT2D eigenvalue weighted by Crippen LogP contribution is 2.44. The fraction of sp³-hybridized carbons (Fsp3) is 0.167. The zero-order chi connectivity index (χ0) is 25.2. The molecule has 1 amide bonds. The van der Waals surface area contributed by atoms with Gasteiger partial charge in [-0.3, -0.25) is 10.1 Å². The number of fused-ring (bicyclic) bond motifs is 4. The van der Waals surface area contributed by atoms with Crippen LogP contribution in [0.25, 0.3) is 22.2 Å². The Balaban J connectivity index is 1.24. The highest BCUT2D eigenvalue weighted by Gasteiger charge is 2.30. The third-order valence-electron chi connectivity index (χ3n) is 6.02. The van der Waals surface area contributed by atoms with Crippen LogP contribution in [-0.2, 0) is 9.53 Å². The second kappa shape index (κ2) is 9.58. The van der Waals surface area contributed by atoms with Crippen molar-refractivity contribution in [1.29, 1.82) is 0 Å². The summed E-state index contributed by atoms with van der Waals surface area (Å²) in [7, 11) is 0. The molecule has 1 aliphatic rings. The Bertz CT molecular complexity index is 1440. The Morgan fingerprint density at radius 3 is 2.31 bits per heavy atom. The standard InChI is InChI=1S/C24H19N5O6S/c30-23(31)19(11-25-18-9-10-20(29(33)34)22-21(18)27-36-28-22)26-24(32)35-12-17-15-7-3-1-5-13(15)14-6-2-4-8-16(14)17/h1-10,17,19,25H,11-12H2,(H,26,32)(H,30,31)/t19-/m0/s1. The number of carbonyl (C=O) groups is 2. The number of nitro benzene ring substituents is 1. The van der Waals surface area contributed by atoms with Crippen LogP contribution in [0.3, 0.4) is 0 Å². The summed E-state index contributed by atoms with van der Waals surface area (Å²) >= 11 is 0.808. The molecule has 0 bridgehead atoms. The normalized spacial score (nSPS) is 13.0. The zero-order valence-corrected chi connectivity index (χ0v) is 19.4. The Kier molecular flexibility index (Phi) is 6.17. The van der Waals surface area contributed by atoms with Gasteiger partial charge >= 0.3 is 12.1 Å². The molecule has 0 spiro atoms. The second-order valence-electron chi connectivity index (χ2n) is 8.09. The van der Waals surface area contributed by atoms with Gasteiger partial charge in [0.05, 0.1) is 22.3 Å². The maximum Gasteiger partial charge on any atom is 0.407 e. The molecule has 4 aromatic rings. The van der Waals surface area contributed by atoms with E-state index in [1.54, 1.807) is 0 Å². The molecule has 1 aromatic heterocycles. The first-order valence-corrected chi connectivity index (χ1v) is 11.6. The summed E-state index contributed by atoms with van der Waals surface area (Å²) in [6, 6.07) is 17.2.